The highest BCUT2D eigenvalue weighted by Gasteiger charge is 2.16. The molecule has 0 aliphatic heterocycles. The van der Waals surface area contributed by atoms with Crippen LogP contribution in [-0.4, -0.2) is 19.5 Å². The second kappa shape index (κ2) is 9.75. The molecule has 0 atom stereocenters. The molecule has 0 spiro atoms. The molecule has 5 heteroatoms. The van der Waals surface area contributed by atoms with Crippen molar-refractivity contribution < 1.29 is 18.1 Å². The van der Waals surface area contributed by atoms with E-state index in [4.69, 9.17) is 18.1 Å². The third-order valence-corrected chi connectivity index (χ3v) is 7.63. The molecular formula is C39H24N4O. The molecule has 0 bridgehead atoms. The van der Waals surface area contributed by atoms with Crippen molar-refractivity contribution in [2.24, 2.45) is 0 Å². The molecule has 0 aliphatic rings. The summed E-state index contributed by atoms with van der Waals surface area (Å²) >= 11 is 0. The summed E-state index contributed by atoms with van der Waals surface area (Å²) in [6.45, 7) is 0. The number of aromatic nitrogens is 4. The number of hydrogen-bond acceptors (Lipinski definition) is 4. The van der Waals surface area contributed by atoms with Crippen LogP contribution in [0.4, 0.5) is 0 Å². The van der Waals surface area contributed by atoms with Gasteiger partial charge in [-0.05, 0) is 42.5 Å². The van der Waals surface area contributed by atoms with Crippen molar-refractivity contribution >= 4 is 43.7 Å². The van der Waals surface area contributed by atoms with E-state index in [2.05, 4.69) is 43.8 Å². The maximum atomic E-state index is 8.59. The number of benzene rings is 6. The lowest BCUT2D eigenvalue weighted by Crippen LogP contribution is -2.00. The molecule has 0 fully saturated rings. The second-order valence-electron chi connectivity index (χ2n) is 10.2. The van der Waals surface area contributed by atoms with E-state index < -0.39 is 60.4 Å². The Morgan fingerprint density at radius 1 is 0.477 bits per heavy atom. The van der Waals surface area contributed by atoms with E-state index >= 15 is 0 Å². The highest BCUT2D eigenvalue weighted by Crippen LogP contribution is 2.36. The largest absolute Gasteiger partial charge is 0.456 e. The molecule has 0 radical (unpaired) electrons. The number of fused-ring (bicyclic) bond motifs is 6. The van der Waals surface area contributed by atoms with Gasteiger partial charge in [0.2, 0.25) is 0 Å². The van der Waals surface area contributed by atoms with Gasteiger partial charge in [-0.1, -0.05) is 96.8 Å². The normalized spacial score (nSPS) is 14.8. The summed E-state index contributed by atoms with van der Waals surface area (Å²) in [5.41, 5.74) is 3.96. The second-order valence-corrected chi connectivity index (χ2v) is 10.2. The fourth-order valence-electron chi connectivity index (χ4n) is 5.70. The molecule has 3 aromatic heterocycles. The quantitative estimate of drug-likeness (QED) is 0.210. The van der Waals surface area contributed by atoms with E-state index in [0.29, 0.717) is 22.1 Å². The maximum absolute atomic E-state index is 8.59. The van der Waals surface area contributed by atoms with Crippen LogP contribution in [0.15, 0.2) is 150 Å². The SMILES string of the molecule is [2H]c1c([2H])c([2H])c(-c2nc(-c3ccc4oc5cc(-n6c7ccccc7c7ccccc76)ccc5c4c3)nc(-c3c([2H])c([2H])c([2H])c([2H])c3[2H])n2)c([2H])c1[2H]. The molecule has 206 valence electrons. The van der Waals surface area contributed by atoms with Crippen molar-refractivity contribution in [1.82, 2.24) is 19.5 Å². The minimum atomic E-state index is -0.608. The third-order valence-electron chi connectivity index (χ3n) is 7.63. The van der Waals surface area contributed by atoms with E-state index in [9.17, 15) is 0 Å². The van der Waals surface area contributed by atoms with Crippen LogP contribution in [0.2, 0.25) is 0 Å². The van der Waals surface area contributed by atoms with Crippen LogP contribution in [0.1, 0.15) is 13.7 Å². The van der Waals surface area contributed by atoms with Crippen molar-refractivity contribution in [3.63, 3.8) is 0 Å². The number of nitrogens with zero attached hydrogens (tertiary/aromatic N) is 4. The van der Waals surface area contributed by atoms with Crippen LogP contribution in [0.25, 0.3) is 83.6 Å². The Bertz CT molecular complexity index is 2880. The number of para-hydroxylation sites is 2. The summed E-state index contributed by atoms with van der Waals surface area (Å²) in [6.07, 6.45) is 0. The smallest absolute Gasteiger partial charge is 0.164 e. The van der Waals surface area contributed by atoms with E-state index in [0.717, 1.165) is 32.9 Å². The Balaban J connectivity index is 1.26. The van der Waals surface area contributed by atoms with Gasteiger partial charge >= 0.3 is 0 Å². The van der Waals surface area contributed by atoms with E-state index in [1.807, 2.05) is 42.5 Å². The van der Waals surface area contributed by atoms with Crippen molar-refractivity contribution in [3.8, 4) is 39.9 Å². The summed E-state index contributed by atoms with van der Waals surface area (Å²) in [5, 5.41) is 3.77. The van der Waals surface area contributed by atoms with E-state index in [1.54, 1.807) is 18.2 Å². The van der Waals surface area contributed by atoms with E-state index in [1.165, 1.54) is 0 Å². The molecule has 6 aromatic carbocycles. The topological polar surface area (TPSA) is 56.7 Å². The van der Waals surface area contributed by atoms with Crippen LogP contribution in [0, 0.1) is 0 Å². The zero-order valence-corrected chi connectivity index (χ0v) is 22.8. The molecule has 5 nitrogen and oxygen atoms in total. The average Bonchev–Trinajstić information content (AvgIpc) is 3.72. The molecule has 0 aliphatic carbocycles. The van der Waals surface area contributed by atoms with Gasteiger partial charge in [-0.15, -0.1) is 0 Å². The molecule has 0 N–H and O–H groups in total. The zero-order chi connectivity index (χ0) is 37.7. The van der Waals surface area contributed by atoms with E-state index in [-0.39, 0.29) is 28.6 Å². The molecule has 0 saturated heterocycles. The average molecular weight is 575 g/mol. The maximum Gasteiger partial charge on any atom is 0.164 e. The summed E-state index contributed by atoms with van der Waals surface area (Å²) in [6, 6.07) is 21.7. The Morgan fingerprint density at radius 2 is 1.05 bits per heavy atom. The lowest BCUT2D eigenvalue weighted by molar-refractivity contribution is 0.668. The summed E-state index contributed by atoms with van der Waals surface area (Å²) in [4.78, 5) is 13.5. The first kappa shape index (κ1) is 16.5. The predicted octanol–water partition coefficient (Wildman–Crippen LogP) is 9.87. The number of rotatable bonds is 4. The van der Waals surface area contributed by atoms with Crippen LogP contribution in [-0.2, 0) is 0 Å². The fourth-order valence-corrected chi connectivity index (χ4v) is 5.70. The van der Waals surface area contributed by atoms with Gasteiger partial charge in [-0.2, -0.15) is 0 Å². The minimum Gasteiger partial charge on any atom is -0.456 e. The first-order valence-electron chi connectivity index (χ1n) is 18.8. The molecule has 0 amide bonds. The Morgan fingerprint density at radius 3 is 1.66 bits per heavy atom. The van der Waals surface area contributed by atoms with Crippen LogP contribution in [0.5, 0.6) is 0 Å². The number of furan rings is 1. The van der Waals surface area contributed by atoms with Crippen LogP contribution >= 0.6 is 0 Å². The van der Waals surface area contributed by atoms with Gasteiger partial charge in [0.15, 0.2) is 17.5 Å². The summed E-state index contributed by atoms with van der Waals surface area (Å²) in [5.74, 6) is -0.676. The lowest BCUT2D eigenvalue weighted by Gasteiger charge is -2.08. The fraction of sp³-hybridized carbons (Fsp3) is 0. The molecule has 0 unspecified atom stereocenters. The van der Waals surface area contributed by atoms with Crippen LogP contribution < -0.4 is 0 Å². The van der Waals surface area contributed by atoms with Gasteiger partial charge < -0.3 is 8.98 Å². The lowest BCUT2D eigenvalue weighted by atomic mass is 10.1. The zero-order valence-electron chi connectivity index (χ0n) is 32.8. The standard InChI is InChI=1S/C39H24N4O/c1-3-11-25(12-4-1)37-40-38(26-13-5-2-6-14-26)42-39(41-37)27-19-22-35-32(23-27)31-21-20-28(24-36(31)44-35)43-33-17-9-7-15-29(33)30-16-8-10-18-34(30)43/h1-24H/i1D,2D,3D,4D,5D,6D,11D,12D,13D,14D. The van der Waals surface area contributed by atoms with Crippen molar-refractivity contribution in [3.05, 3.63) is 145 Å². The molecule has 3 heterocycles. The van der Waals surface area contributed by atoms with Gasteiger partial charge in [0, 0.05) is 50.0 Å². The molecule has 0 saturated carbocycles. The third kappa shape index (κ3) is 3.91. The molecule has 9 rings (SSSR count). The van der Waals surface area contributed by atoms with Crippen molar-refractivity contribution in [2.45, 2.75) is 0 Å². The Kier molecular flexibility index (Phi) is 3.66. The van der Waals surface area contributed by atoms with Crippen LogP contribution in [0.3, 0.4) is 0 Å². The minimum absolute atomic E-state index is 0.0215. The summed E-state index contributed by atoms with van der Waals surface area (Å²) in [7, 11) is 0. The first-order valence-corrected chi connectivity index (χ1v) is 13.8. The van der Waals surface area contributed by atoms with Gasteiger partial charge in [0.05, 0.1) is 24.7 Å². The van der Waals surface area contributed by atoms with Crippen molar-refractivity contribution in [2.75, 3.05) is 0 Å². The van der Waals surface area contributed by atoms with Crippen molar-refractivity contribution in [1.29, 1.82) is 0 Å². The predicted molar refractivity (Wildman–Crippen MR) is 178 cm³/mol. The van der Waals surface area contributed by atoms with Gasteiger partial charge in [-0.25, -0.2) is 15.0 Å². The first-order chi connectivity index (χ1) is 25.9. The van der Waals surface area contributed by atoms with Gasteiger partial charge in [0.25, 0.3) is 0 Å². The highest BCUT2D eigenvalue weighted by atomic mass is 16.3. The molecule has 9 aromatic rings. The summed E-state index contributed by atoms with van der Waals surface area (Å²) < 4.78 is 92.0. The molecule has 44 heavy (non-hydrogen) atoms. The molecular weight excluding hydrogens is 540 g/mol. The number of hydrogen-bond donors (Lipinski definition) is 0. The van der Waals surface area contributed by atoms with Gasteiger partial charge in [-0.3, -0.25) is 0 Å². The monoisotopic (exact) mass is 574 g/mol. The van der Waals surface area contributed by atoms with Gasteiger partial charge in [0.1, 0.15) is 11.2 Å². The Labute approximate surface area is 266 Å². The highest BCUT2D eigenvalue weighted by molar-refractivity contribution is 6.10. The Hall–Kier alpha value is -6.07.